The Morgan fingerprint density at radius 2 is 2.05 bits per heavy atom. The van der Waals surface area contributed by atoms with Crippen LogP contribution in [0, 0.1) is 0 Å². The van der Waals surface area contributed by atoms with Crippen LogP contribution in [-0.2, 0) is 9.53 Å². The van der Waals surface area contributed by atoms with Crippen molar-refractivity contribution in [3.63, 3.8) is 0 Å². The molecular formula is C13H24N2O4. The molecule has 0 heterocycles. The number of carboxylic acids is 1. The highest BCUT2D eigenvalue weighted by atomic mass is 16.5. The maximum absolute atomic E-state index is 11.9. The normalized spacial score (nSPS) is 10.9. The van der Waals surface area contributed by atoms with Crippen LogP contribution in [0.1, 0.15) is 27.2 Å². The van der Waals surface area contributed by atoms with Gasteiger partial charge in [-0.3, -0.25) is 0 Å². The van der Waals surface area contributed by atoms with E-state index in [1.165, 1.54) is 18.7 Å². The van der Waals surface area contributed by atoms with Gasteiger partial charge in [0, 0.05) is 13.1 Å². The molecule has 2 amide bonds. The fourth-order valence-electron chi connectivity index (χ4n) is 1.50. The van der Waals surface area contributed by atoms with E-state index in [-0.39, 0.29) is 0 Å². The van der Waals surface area contributed by atoms with Gasteiger partial charge in [0.2, 0.25) is 0 Å². The Labute approximate surface area is 114 Å². The van der Waals surface area contributed by atoms with Gasteiger partial charge < -0.3 is 20.1 Å². The van der Waals surface area contributed by atoms with E-state index in [4.69, 9.17) is 9.84 Å². The fourth-order valence-corrected chi connectivity index (χ4v) is 1.50. The number of nitrogens with zero attached hydrogens (tertiary/aromatic N) is 1. The summed E-state index contributed by atoms with van der Waals surface area (Å²) in [7, 11) is 0. The van der Waals surface area contributed by atoms with E-state index in [1.54, 1.807) is 13.0 Å². The second-order valence-corrected chi connectivity index (χ2v) is 4.53. The molecule has 6 heteroatoms. The van der Waals surface area contributed by atoms with Gasteiger partial charge in [0.1, 0.15) is 5.54 Å². The van der Waals surface area contributed by atoms with Crippen LogP contribution in [0.4, 0.5) is 4.79 Å². The zero-order valence-electron chi connectivity index (χ0n) is 11.9. The van der Waals surface area contributed by atoms with Crippen molar-refractivity contribution in [3.8, 4) is 0 Å². The first kappa shape index (κ1) is 17.4. The minimum atomic E-state index is -1.23. The van der Waals surface area contributed by atoms with Crippen molar-refractivity contribution in [1.29, 1.82) is 0 Å². The fraction of sp³-hybridized carbons (Fsp3) is 0.692. The number of aliphatic carboxylic acids is 1. The lowest BCUT2D eigenvalue weighted by molar-refractivity contribution is -0.147. The third-order valence-electron chi connectivity index (χ3n) is 2.75. The molecule has 6 nitrogen and oxygen atoms in total. The highest BCUT2D eigenvalue weighted by Crippen LogP contribution is 2.14. The van der Waals surface area contributed by atoms with Gasteiger partial charge in [-0.2, -0.15) is 0 Å². The van der Waals surface area contributed by atoms with E-state index in [0.29, 0.717) is 26.3 Å². The molecule has 0 aromatic rings. The molecule has 110 valence electrons. The largest absolute Gasteiger partial charge is 0.480 e. The van der Waals surface area contributed by atoms with Crippen molar-refractivity contribution >= 4 is 12.0 Å². The number of likely N-dealkylation sites (N-methyl/N-ethyl adjacent to an activating group) is 1. The molecule has 0 saturated carbocycles. The van der Waals surface area contributed by atoms with Crippen molar-refractivity contribution in [3.05, 3.63) is 12.7 Å². The van der Waals surface area contributed by atoms with Crippen molar-refractivity contribution in [2.75, 3.05) is 26.3 Å². The minimum absolute atomic E-state index is 0.322. The lowest BCUT2D eigenvalue weighted by Crippen LogP contribution is -2.56. The first-order chi connectivity index (χ1) is 8.87. The lowest BCUT2D eigenvalue weighted by atomic mass is 10.0. The highest BCUT2D eigenvalue weighted by molar-refractivity contribution is 5.85. The summed E-state index contributed by atoms with van der Waals surface area (Å²) in [5.74, 6) is -1.04. The van der Waals surface area contributed by atoms with Crippen molar-refractivity contribution in [2.45, 2.75) is 32.7 Å². The Bertz CT molecular complexity index is 316. The van der Waals surface area contributed by atoms with Gasteiger partial charge in [0.15, 0.2) is 0 Å². The predicted molar refractivity (Wildman–Crippen MR) is 73.1 cm³/mol. The zero-order chi connectivity index (χ0) is 14.9. The van der Waals surface area contributed by atoms with Gasteiger partial charge in [-0.15, -0.1) is 6.58 Å². The molecule has 0 spiro atoms. The Morgan fingerprint density at radius 1 is 1.42 bits per heavy atom. The van der Waals surface area contributed by atoms with E-state index < -0.39 is 17.5 Å². The SMILES string of the molecule is C=CCCOCCNC(=O)N(CC)C(C)(C)C(=O)O. The number of hydrogen-bond acceptors (Lipinski definition) is 3. The van der Waals surface area contributed by atoms with Crippen LogP contribution in [0.25, 0.3) is 0 Å². The van der Waals surface area contributed by atoms with Gasteiger partial charge >= 0.3 is 12.0 Å². The number of rotatable bonds is 9. The Balaban J connectivity index is 4.16. The zero-order valence-corrected chi connectivity index (χ0v) is 11.9. The van der Waals surface area contributed by atoms with Crippen LogP contribution >= 0.6 is 0 Å². The van der Waals surface area contributed by atoms with Gasteiger partial charge in [-0.1, -0.05) is 6.08 Å². The summed E-state index contributed by atoms with van der Waals surface area (Å²) in [5, 5.41) is 11.7. The van der Waals surface area contributed by atoms with Crippen molar-refractivity contribution in [1.82, 2.24) is 10.2 Å². The van der Waals surface area contributed by atoms with E-state index in [1.807, 2.05) is 0 Å². The van der Waals surface area contributed by atoms with Crippen LogP contribution < -0.4 is 5.32 Å². The average molecular weight is 272 g/mol. The Hall–Kier alpha value is -1.56. The van der Waals surface area contributed by atoms with Gasteiger partial charge in [-0.25, -0.2) is 9.59 Å². The number of urea groups is 1. The lowest BCUT2D eigenvalue weighted by Gasteiger charge is -2.34. The van der Waals surface area contributed by atoms with Gasteiger partial charge in [0.25, 0.3) is 0 Å². The van der Waals surface area contributed by atoms with Crippen molar-refractivity contribution < 1.29 is 19.4 Å². The predicted octanol–water partition coefficient (Wildman–Crippen LogP) is 1.47. The molecule has 0 aliphatic rings. The summed E-state index contributed by atoms with van der Waals surface area (Å²) in [4.78, 5) is 24.3. The molecule has 0 aromatic carbocycles. The number of hydrogen-bond donors (Lipinski definition) is 2. The maximum atomic E-state index is 11.9. The summed E-state index contributed by atoms with van der Waals surface area (Å²) in [6, 6.07) is -0.401. The second kappa shape index (κ2) is 8.53. The molecule has 0 unspecified atom stereocenters. The molecule has 0 atom stereocenters. The highest BCUT2D eigenvalue weighted by Gasteiger charge is 2.36. The standard InChI is InChI=1S/C13H24N2O4/c1-5-7-9-19-10-8-14-12(18)15(6-2)13(3,4)11(16)17/h5H,1,6-10H2,2-4H3,(H,14,18)(H,16,17). The number of ether oxygens (including phenoxy) is 1. The summed E-state index contributed by atoms with van der Waals surface area (Å²) >= 11 is 0. The number of amides is 2. The molecule has 0 fully saturated rings. The summed E-state index contributed by atoms with van der Waals surface area (Å²) < 4.78 is 5.25. The van der Waals surface area contributed by atoms with Crippen LogP contribution in [0.3, 0.4) is 0 Å². The third kappa shape index (κ3) is 5.74. The molecule has 0 aromatic heterocycles. The molecule has 0 aliphatic heterocycles. The Morgan fingerprint density at radius 3 is 2.53 bits per heavy atom. The summed E-state index contributed by atoms with van der Waals surface area (Å²) in [6.07, 6.45) is 2.52. The first-order valence-corrected chi connectivity index (χ1v) is 6.35. The molecule has 19 heavy (non-hydrogen) atoms. The first-order valence-electron chi connectivity index (χ1n) is 6.35. The van der Waals surface area contributed by atoms with Gasteiger partial charge in [-0.05, 0) is 27.2 Å². The minimum Gasteiger partial charge on any atom is -0.480 e. The molecule has 0 radical (unpaired) electrons. The monoisotopic (exact) mass is 272 g/mol. The van der Waals surface area contributed by atoms with Crippen LogP contribution in [0.2, 0.25) is 0 Å². The summed E-state index contributed by atoms with van der Waals surface area (Å²) in [5.41, 5.74) is -1.23. The van der Waals surface area contributed by atoms with E-state index >= 15 is 0 Å². The molecular weight excluding hydrogens is 248 g/mol. The quantitative estimate of drug-likeness (QED) is 0.492. The van der Waals surface area contributed by atoms with Crippen LogP contribution in [-0.4, -0.2) is 53.8 Å². The van der Waals surface area contributed by atoms with Crippen LogP contribution in [0.5, 0.6) is 0 Å². The second-order valence-electron chi connectivity index (χ2n) is 4.53. The smallest absolute Gasteiger partial charge is 0.329 e. The number of nitrogens with one attached hydrogen (secondary N) is 1. The van der Waals surface area contributed by atoms with E-state index in [0.717, 1.165) is 6.42 Å². The van der Waals surface area contributed by atoms with E-state index in [2.05, 4.69) is 11.9 Å². The number of carbonyl (C=O) groups excluding carboxylic acids is 1. The average Bonchev–Trinajstić information content (AvgIpc) is 2.34. The molecule has 0 aliphatic carbocycles. The Kier molecular flexibility index (Phi) is 7.83. The number of carboxylic acid groups (broad SMARTS) is 1. The molecule has 0 rings (SSSR count). The van der Waals surface area contributed by atoms with Crippen LogP contribution in [0.15, 0.2) is 12.7 Å². The molecule has 0 bridgehead atoms. The third-order valence-corrected chi connectivity index (χ3v) is 2.75. The molecule has 0 saturated heterocycles. The van der Waals surface area contributed by atoms with Gasteiger partial charge in [0.05, 0.1) is 13.2 Å². The van der Waals surface area contributed by atoms with Crippen molar-refractivity contribution in [2.24, 2.45) is 0 Å². The molecule has 2 N–H and O–H groups in total. The number of carbonyl (C=O) groups is 2. The summed E-state index contributed by atoms with van der Waals surface area (Å²) in [6.45, 7) is 9.94. The maximum Gasteiger partial charge on any atom is 0.329 e. The van der Waals surface area contributed by atoms with E-state index in [9.17, 15) is 9.59 Å². The topological polar surface area (TPSA) is 78.9 Å².